The van der Waals surface area contributed by atoms with Gasteiger partial charge in [-0.05, 0) is 46.4 Å². The molecule has 23 heavy (non-hydrogen) atoms. The molecule has 1 atom stereocenters. The standard InChI is InChI=1S/C22H21N/c1-23(2)18-13-11-16(12-14-18)22-15-17-7-3-4-8-19(17)20-9-5-6-10-21(20)22/h3-14,22H,15H2,1-2H3. The van der Waals surface area contributed by atoms with Crippen molar-refractivity contribution in [1.82, 2.24) is 0 Å². The summed E-state index contributed by atoms with van der Waals surface area (Å²) >= 11 is 0. The molecule has 0 saturated heterocycles. The fraction of sp³-hybridized carbons (Fsp3) is 0.182. The summed E-state index contributed by atoms with van der Waals surface area (Å²) < 4.78 is 0. The minimum absolute atomic E-state index is 0.442. The first-order chi connectivity index (χ1) is 11.2. The first-order valence-electron chi connectivity index (χ1n) is 8.18. The third-order valence-electron chi connectivity index (χ3n) is 4.88. The largest absolute Gasteiger partial charge is 0.378 e. The second kappa shape index (κ2) is 5.58. The molecule has 1 nitrogen and oxygen atoms in total. The summed E-state index contributed by atoms with van der Waals surface area (Å²) in [5.41, 5.74) is 8.33. The summed E-state index contributed by atoms with van der Waals surface area (Å²) in [6.45, 7) is 0. The molecule has 0 N–H and O–H groups in total. The Morgan fingerprint density at radius 2 is 1.39 bits per heavy atom. The van der Waals surface area contributed by atoms with Gasteiger partial charge in [-0.25, -0.2) is 0 Å². The molecule has 0 fully saturated rings. The van der Waals surface area contributed by atoms with Crippen molar-refractivity contribution in [1.29, 1.82) is 0 Å². The Kier molecular flexibility index (Phi) is 3.42. The van der Waals surface area contributed by atoms with Crippen molar-refractivity contribution in [2.24, 2.45) is 0 Å². The van der Waals surface area contributed by atoms with Crippen molar-refractivity contribution >= 4 is 5.69 Å². The van der Waals surface area contributed by atoms with Crippen molar-refractivity contribution in [3.63, 3.8) is 0 Å². The van der Waals surface area contributed by atoms with Gasteiger partial charge in [-0.1, -0.05) is 60.7 Å². The topological polar surface area (TPSA) is 3.24 Å². The predicted molar refractivity (Wildman–Crippen MR) is 98.2 cm³/mol. The first kappa shape index (κ1) is 14.1. The third kappa shape index (κ3) is 2.43. The van der Waals surface area contributed by atoms with E-state index in [1.807, 2.05) is 0 Å². The first-order valence-corrected chi connectivity index (χ1v) is 8.18. The van der Waals surface area contributed by atoms with Crippen molar-refractivity contribution in [2.75, 3.05) is 19.0 Å². The van der Waals surface area contributed by atoms with Gasteiger partial charge in [-0.3, -0.25) is 0 Å². The van der Waals surface area contributed by atoms with E-state index < -0.39 is 0 Å². The minimum Gasteiger partial charge on any atom is -0.378 e. The Labute approximate surface area is 138 Å². The molecule has 3 aromatic carbocycles. The maximum atomic E-state index is 2.29. The highest BCUT2D eigenvalue weighted by molar-refractivity contribution is 5.75. The number of fused-ring (bicyclic) bond motifs is 3. The smallest absolute Gasteiger partial charge is 0.0361 e. The number of hydrogen-bond donors (Lipinski definition) is 0. The van der Waals surface area contributed by atoms with Gasteiger partial charge in [0.15, 0.2) is 0 Å². The van der Waals surface area contributed by atoms with E-state index >= 15 is 0 Å². The Balaban J connectivity index is 1.81. The average Bonchev–Trinajstić information content (AvgIpc) is 2.61. The molecule has 0 saturated carbocycles. The Morgan fingerprint density at radius 1 is 0.739 bits per heavy atom. The van der Waals surface area contributed by atoms with Gasteiger partial charge in [0.05, 0.1) is 0 Å². The number of nitrogens with zero attached hydrogens (tertiary/aromatic N) is 1. The van der Waals surface area contributed by atoms with Gasteiger partial charge in [0, 0.05) is 25.7 Å². The van der Waals surface area contributed by atoms with E-state index in [0.717, 1.165) is 6.42 Å². The van der Waals surface area contributed by atoms with E-state index in [4.69, 9.17) is 0 Å². The lowest BCUT2D eigenvalue weighted by atomic mass is 9.76. The number of hydrogen-bond acceptors (Lipinski definition) is 1. The summed E-state index contributed by atoms with van der Waals surface area (Å²) in [5, 5.41) is 0. The van der Waals surface area contributed by atoms with E-state index in [2.05, 4.69) is 91.8 Å². The van der Waals surface area contributed by atoms with Gasteiger partial charge in [0.2, 0.25) is 0 Å². The van der Waals surface area contributed by atoms with E-state index in [1.54, 1.807) is 0 Å². The quantitative estimate of drug-likeness (QED) is 0.636. The molecule has 114 valence electrons. The fourth-order valence-electron chi connectivity index (χ4n) is 3.64. The van der Waals surface area contributed by atoms with Crippen LogP contribution >= 0.6 is 0 Å². The maximum absolute atomic E-state index is 2.29. The predicted octanol–water partition coefficient (Wildman–Crippen LogP) is 5.11. The van der Waals surface area contributed by atoms with E-state index in [0.29, 0.717) is 5.92 Å². The number of anilines is 1. The summed E-state index contributed by atoms with van der Waals surface area (Å²) in [7, 11) is 4.17. The molecular weight excluding hydrogens is 278 g/mol. The molecule has 0 radical (unpaired) electrons. The van der Waals surface area contributed by atoms with Crippen LogP contribution in [0, 0.1) is 0 Å². The van der Waals surface area contributed by atoms with Crippen LogP contribution < -0.4 is 4.90 Å². The molecule has 0 amide bonds. The highest BCUT2D eigenvalue weighted by atomic mass is 15.1. The zero-order chi connectivity index (χ0) is 15.8. The molecule has 1 unspecified atom stereocenters. The lowest BCUT2D eigenvalue weighted by molar-refractivity contribution is 0.793. The van der Waals surface area contributed by atoms with Gasteiger partial charge < -0.3 is 4.90 Å². The van der Waals surface area contributed by atoms with Crippen LogP contribution in [0.3, 0.4) is 0 Å². The number of rotatable bonds is 2. The molecule has 1 aliphatic rings. The average molecular weight is 299 g/mol. The van der Waals surface area contributed by atoms with Crippen molar-refractivity contribution in [3.8, 4) is 11.1 Å². The van der Waals surface area contributed by atoms with Crippen molar-refractivity contribution in [2.45, 2.75) is 12.3 Å². The zero-order valence-corrected chi connectivity index (χ0v) is 13.7. The van der Waals surface area contributed by atoms with Crippen LogP contribution in [0.4, 0.5) is 5.69 Å². The third-order valence-corrected chi connectivity index (χ3v) is 4.88. The minimum atomic E-state index is 0.442. The van der Waals surface area contributed by atoms with Crippen LogP contribution in [0.2, 0.25) is 0 Å². The lowest BCUT2D eigenvalue weighted by Gasteiger charge is -2.28. The molecule has 0 bridgehead atoms. The molecule has 0 heterocycles. The van der Waals surface area contributed by atoms with Crippen LogP contribution in [0.5, 0.6) is 0 Å². The molecule has 0 aliphatic heterocycles. The summed E-state index contributed by atoms with van der Waals surface area (Å²) in [4.78, 5) is 2.15. The molecular formula is C22H21N. The maximum Gasteiger partial charge on any atom is 0.0361 e. The van der Waals surface area contributed by atoms with Gasteiger partial charge in [-0.2, -0.15) is 0 Å². The van der Waals surface area contributed by atoms with Crippen molar-refractivity contribution in [3.05, 3.63) is 89.5 Å². The second-order valence-electron chi connectivity index (χ2n) is 6.49. The lowest BCUT2D eigenvalue weighted by Crippen LogP contribution is -2.13. The summed E-state index contributed by atoms with van der Waals surface area (Å²) in [6, 6.07) is 26.7. The fourth-order valence-corrected chi connectivity index (χ4v) is 3.64. The molecule has 1 heteroatoms. The Morgan fingerprint density at radius 3 is 2.13 bits per heavy atom. The summed E-state index contributed by atoms with van der Waals surface area (Å²) in [5.74, 6) is 0.442. The van der Waals surface area contributed by atoms with Gasteiger partial charge in [0.25, 0.3) is 0 Å². The molecule has 0 spiro atoms. The Bertz CT molecular complexity index is 831. The highest BCUT2D eigenvalue weighted by Gasteiger charge is 2.25. The monoisotopic (exact) mass is 299 g/mol. The van der Waals surface area contributed by atoms with E-state index in [1.165, 1.54) is 33.5 Å². The van der Waals surface area contributed by atoms with Crippen LogP contribution in [0.1, 0.15) is 22.6 Å². The molecule has 0 aromatic heterocycles. The van der Waals surface area contributed by atoms with Crippen LogP contribution in [-0.4, -0.2) is 14.1 Å². The van der Waals surface area contributed by atoms with Crippen LogP contribution in [-0.2, 0) is 6.42 Å². The van der Waals surface area contributed by atoms with Crippen LogP contribution in [0.25, 0.3) is 11.1 Å². The molecule has 4 rings (SSSR count). The van der Waals surface area contributed by atoms with Gasteiger partial charge in [0.1, 0.15) is 0 Å². The second-order valence-corrected chi connectivity index (χ2v) is 6.49. The normalized spacial score (nSPS) is 15.7. The van der Waals surface area contributed by atoms with Crippen LogP contribution in [0.15, 0.2) is 72.8 Å². The van der Waals surface area contributed by atoms with Gasteiger partial charge >= 0.3 is 0 Å². The highest BCUT2D eigenvalue weighted by Crippen LogP contribution is 2.42. The summed E-state index contributed by atoms with van der Waals surface area (Å²) in [6.07, 6.45) is 1.08. The van der Waals surface area contributed by atoms with E-state index in [9.17, 15) is 0 Å². The molecule has 3 aromatic rings. The van der Waals surface area contributed by atoms with E-state index in [-0.39, 0.29) is 0 Å². The van der Waals surface area contributed by atoms with Gasteiger partial charge in [-0.15, -0.1) is 0 Å². The zero-order valence-electron chi connectivity index (χ0n) is 13.7. The van der Waals surface area contributed by atoms with Crippen molar-refractivity contribution < 1.29 is 0 Å². The SMILES string of the molecule is CN(C)c1ccc(C2Cc3ccccc3-c3ccccc32)cc1. The molecule has 1 aliphatic carbocycles. The Hall–Kier alpha value is -2.54. The number of benzene rings is 3.